The minimum absolute atomic E-state index is 0.256. The van der Waals surface area contributed by atoms with Crippen LogP contribution in [-0.4, -0.2) is 11.8 Å². The zero-order valence-electron chi connectivity index (χ0n) is 8.46. The molecule has 1 rings (SSSR count). The molecular weight excluding hydrogens is 198 g/mol. The topological polar surface area (TPSA) is 46.2 Å². The number of thiophene rings is 1. The van der Waals surface area contributed by atoms with Crippen LogP contribution in [0, 0.1) is 5.41 Å². The number of carbonyl (C=O) groups excluding carboxylic acids is 2. The molecule has 0 radical (unpaired) electrons. The number of amides is 2. The van der Waals surface area contributed by atoms with Crippen LogP contribution in [0.1, 0.15) is 31.1 Å². The molecule has 3 nitrogen and oxygen atoms in total. The summed E-state index contributed by atoms with van der Waals surface area (Å²) in [7, 11) is 0. The summed E-state index contributed by atoms with van der Waals surface area (Å²) >= 11 is 1.43. The van der Waals surface area contributed by atoms with Gasteiger partial charge in [-0.25, -0.2) is 0 Å². The van der Waals surface area contributed by atoms with Crippen LogP contribution >= 0.6 is 11.3 Å². The van der Waals surface area contributed by atoms with E-state index in [1.165, 1.54) is 11.3 Å². The average Bonchev–Trinajstić information content (AvgIpc) is 2.53. The van der Waals surface area contributed by atoms with Crippen LogP contribution < -0.4 is 5.32 Å². The molecular formula is C10H13NO2S. The molecule has 0 saturated heterocycles. The molecule has 0 unspecified atom stereocenters. The molecule has 0 aliphatic rings. The molecule has 1 aromatic rings. The molecule has 1 aromatic heterocycles. The molecule has 0 saturated carbocycles. The van der Waals surface area contributed by atoms with Crippen molar-refractivity contribution < 1.29 is 9.59 Å². The van der Waals surface area contributed by atoms with Crippen LogP contribution in [0.15, 0.2) is 16.8 Å². The van der Waals surface area contributed by atoms with E-state index in [2.05, 4.69) is 5.32 Å². The van der Waals surface area contributed by atoms with Crippen molar-refractivity contribution in [3.05, 3.63) is 22.4 Å². The van der Waals surface area contributed by atoms with Gasteiger partial charge in [0.2, 0.25) is 5.91 Å². The number of hydrogen-bond donors (Lipinski definition) is 1. The van der Waals surface area contributed by atoms with Gasteiger partial charge in [-0.15, -0.1) is 0 Å². The van der Waals surface area contributed by atoms with Gasteiger partial charge in [-0.2, -0.15) is 11.3 Å². The van der Waals surface area contributed by atoms with Crippen molar-refractivity contribution in [3.63, 3.8) is 0 Å². The van der Waals surface area contributed by atoms with Crippen molar-refractivity contribution in [2.75, 3.05) is 0 Å². The van der Waals surface area contributed by atoms with Crippen molar-refractivity contribution >= 4 is 23.2 Å². The number of imide groups is 1. The van der Waals surface area contributed by atoms with Crippen molar-refractivity contribution in [3.8, 4) is 0 Å². The summed E-state index contributed by atoms with van der Waals surface area (Å²) in [6, 6.07) is 1.69. The Bertz CT molecular complexity index is 336. The predicted octanol–water partition coefficient (Wildman–Crippen LogP) is 2.05. The quantitative estimate of drug-likeness (QED) is 0.772. The van der Waals surface area contributed by atoms with E-state index in [1.54, 1.807) is 37.6 Å². The highest BCUT2D eigenvalue weighted by Crippen LogP contribution is 2.13. The highest BCUT2D eigenvalue weighted by Gasteiger charge is 2.23. The number of nitrogens with one attached hydrogen (secondary N) is 1. The molecule has 0 aliphatic carbocycles. The lowest BCUT2D eigenvalue weighted by Gasteiger charge is -2.16. The Kier molecular flexibility index (Phi) is 3.06. The first-order valence-electron chi connectivity index (χ1n) is 4.29. The van der Waals surface area contributed by atoms with Crippen molar-refractivity contribution in [2.45, 2.75) is 20.8 Å². The Balaban J connectivity index is 2.63. The van der Waals surface area contributed by atoms with Gasteiger partial charge >= 0.3 is 0 Å². The summed E-state index contributed by atoms with van der Waals surface area (Å²) < 4.78 is 0. The third-order valence-electron chi connectivity index (χ3n) is 1.69. The first-order valence-corrected chi connectivity index (χ1v) is 5.23. The molecule has 4 heteroatoms. The monoisotopic (exact) mass is 211 g/mol. The molecule has 76 valence electrons. The van der Waals surface area contributed by atoms with Crippen molar-refractivity contribution in [1.82, 2.24) is 5.32 Å². The van der Waals surface area contributed by atoms with Gasteiger partial charge in [-0.3, -0.25) is 14.9 Å². The fraction of sp³-hybridized carbons (Fsp3) is 0.400. The summed E-state index contributed by atoms with van der Waals surface area (Å²) in [5, 5.41) is 5.87. The summed E-state index contributed by atoms with van der Waals surface area (Å²) in [5.41, 5.74) is -0.00122. The highest BCUT2D eigenvalue weighted by molar-refractivity contribution is 7.08. The molecule has 1 N–H and O–H groups in total. The van der Waals surface area contributed by atoms with Gasteiger partial charge in [0.05, 0.1) is 5.56 Å². The average molecular weight is 211 g/mol. The van der Waals surface area contributed by atoms with E-state index in [-0.39, 0.29) is 11.8 Å². The second kappa shape index (κ2) is 3.92. The zero-order chi connectivity index (χ0) is 10.8. The molecule has 0 aromatic carbocycles. The third kappa shape index (κ3) is 2.67. The second-order valence-corrected chi connectivity index (χ2v) is 4.83. The van der Waals surface area contributed by atoms with E-state index in [1.807, 2.05) is 0 Å². The molecule has 2 amide bonds. The minimum atomic E-state index is -0.536. The van der Waals surface area contributed by atoms with Gasteiger partial charge in [0.15, 0.2) is 0 Å². The highest BCUT2D eigenvalue weighted by atomic mass is 32.1. The van der Waals surface area contributed by atoms with Crippen LogP contribution in [0.3, 0.4) is 0 Å². The number of carbonyl (C=O) groups is 2. The van der Waals surface area contributed by atoms with Crippen LogP contribution in [0.5, 0.6) is 0 Å². The lowest BCUT2D eigenvalue weighted by Crippen LogP contribution is -2.38. The van der Waals surface area contributed by atoms with E-state index >= 15 is 0 Å². The van der Waals surface area contributed by atoms with Gasteiger partial charge in [0.1, 0.15) is 0 Å². The summed E-state index contributed by atoms with van der Waals surface area (Å²) in [6.07, 6.45) is 0. The molecule has 0 fully saturated rings. The first-order chi connectivity index (χ1) is 6.41. The third-order valence-corrected chi connectivity index (χ3v) is 2.37. The SMILES string of the molecule is CC(C)(C)C(=O)NC(=O)c1ccsc1. The van der Waals surface area contributed by atoms with Gasteiger partial charge in [-0.1, -0.05) is 20.8 Å². The van der Waals surface area contributed by atoms with Crippen LogP contribution in [0.2, 0.25) is 0 Å². The molecule has 0 atom stereocenters. The normalized spacial score (nSPS) is 11.1. The van der Waals surface area contributed by atoms with Crippen LogP contribution in [-0.2, 0) is 4.79 Å². The maximum absolute atomic E-state index is 11.4. The molecule has 14 heavy (non-hydrogen) atoms. The van der Waals surface area contributed by atoms with E-state index in [0.717, 1.165) is 0 Å². The Labute approximate surface area is 87.1 Å². The van der Waals surface area contributed by atoms with Gasteiger partial charge in [-0.05, 0) is 11.4 Å². The number of hydrogen-bond acceptors (Lipinski definition) is 3. The van der Waals surface area contributed by atoms with E-state index in [4.69, 9.17) is 0 Å². The van der Waals surface area contributed by atoms with Gasteiger partial charge in [0.25, 0.3) is 5.91 Å². The standard InChI is InChI=1S/C10H13NO2S/c1-10(2,3)9(13)11-8(12)7-4-5-14-6-7/h4-6H,1-3H3,(H,11,12,13). The number of rotatable bonds is 1. The smallest absolute Gasteiger partial charge is 0.258 e. The summed E-state index contributed by atoms with van der Waals surface area (Å²) in [4.78, 5) is 22.9. The van der Waals surface area contributed by atoms with Crippen LogP contribution in [0.4, 0.5) is 0 Å². The molecule has 0 bridgehead atoms. The Morgan fingerprint density at radius 3 is 2.43 bits per heavy atom. The first kappa shape index (κ1) is 10.9. The van der Waals surface area contributed by atoms with E-state index < -0.39 is 5.41 Å². The summed E-state index contributed by atoms with van der Waals surface area (Å²) in [5.74, 6) is -0.583. The van der Waals surface area contributed by atoms with Gasteiger partial charge in [0, 0.05) is 10.8 Å². The fourth-order valence-electron chi connectivity index (χ4n) is 0.756. The maximum Gasteiger partial charge on any atom is 0.258 e. The Morgan fingerprint density at radius 1 is 1.36 bits per heavy atom. The second-order valence-electron chi connectivity index (χ2n) is 4.05. The Morgan fingerprint density at radius 2 is 2.00 bits per heavy atom. The van der Waals surface area contributed by atoms with Crippen LogP contribution in [0.25, 0.3) is 0 Å². The van der Waals surface area contributed by atoms with E-state index in [0.29, 0.717) is 5.56 Å². The zero-order valence-corrected chi connectivity index (χ0v) is 9.27. The van der Waals surface area contributed by atoms with Crippen molar-refractivity contribution in [1.29, 1.82) is 0 Å². The molecule has 0 spiro atoms. The Hall–Kier alpha value is -1.16. The lowest BCUT2D eigenvalue weighted by molar-refractivity contribution is -0.127. The summed E-state index contributed by atoms with van der Waals surface area (Å²) in [6.45, 7) is 5.30. The molecule has 1 heterocycles. The lowest BCUT2D eigenvalue weighted by atomic mass is 9.95. The molecule has 0 aliphatic heterocycles. The van der Waals surface area contributed by atoms with Gasteiger partial charge < -0.3 is 0 Å². The minimum Gasteiger partial charge on any atom is -0.292 e. The largest absolute Gasteiger partial charge is 0.292 e. The van der Waals surface area contributed by atoms with E-state index in [9.17, 15) is 9.59 Å². The predicted molar refractivity (Wildman–Crippen MR) is 56.2 cm³/mol. The fourth-order valence-corrected chi connectivity index (χ4v) is 1.39. The van der Waals surface area contributed by atoms with Crippen molar-refractivity contribution in [2.24, 2.45) is 5.41 Å². The maximum atomic E-state index is 11.4.